The third-order valence-corrected chi connectivity index (χ3v) is 15.1. The number of aryl methyl sites for hydroxylation is 1. The van der Waals surface area contributed by atoms with Crippen molar-refractivity contribution in [2.45, 2.75) is 70.8 Å². The molecule has 0 nitrogen and oxygen atoms in total. The van der Waals surface area contributed by atoms with E-state index in [9.17, 15) is 0 Å². The van der Waals surface area contributed by atoms with Crippen LogP contribution in [0.2, 0.25) is 0 Å². The summed E-state index contributed by atoms with van der Waals surface area (Å²) in [5, 5.41) is 4.39. The number of rotatable bonds is 3. The molecule has 0 heterocycles. The van der Waals surface area contributed by atoms with Crippen LogP contribution in [0.4, 0.5) is 0 Å². The molecule has 0 N–H and O–H groups in total. The van der Waals surface area contributed by atoms with E-state index in [-0.39, 0.29) is 0 Å². The second kappa shape index (κ2) is 8.41. The van der Waals surface area contributed by atoms with E-state index in [0.29, 0.717) is 0 Å². The van der Waals surface area contributed by atoms with Gasteiger partial charge in [0.15, 0.2) is 0 Å². The molecule has 1 saturated carbocycles. The van der Waals surface area contributed by atoms with E-state index in [1.807, 2.05) is 0 Å². The van der Waals surface area contributed by atoms with Crippen molar-refractivity contribution in [1.82, 2.24) is 0 Å². The normalized spacial score (nSPS) is 32.7. The van der Waals surface area contributed by atoms with Crippen molar-refractivity contribution in [1.29, 1.82) is 0 Å². The Morgan fingerprint density at radius 1 is 0.743 bits per heavy atom. The highest BCUT2D eigenvalue weighted by Gasteiger charge is 2.51. The fourth-order valence-corrected chi connectivity index (χ4v) is 14.2. The van der Waals surface area contributed by atoms with Gasteiger partial charge in [0, 0.05) is 5.25 Å². The van der Waals surface area contributed by atoms with Crippen molar-refractivity contribution in [2.24, 2.45) is 29.6 Å². The molecule has 186 valence electrons. The molecule has 0 spiro atoms. The molecular formula is C34H44S. The molecule has 0 aromatic heterocycles. The topological polar surface area (TPSA) is 0 Å². The fourth-order valence-electron chi connectivity index (χ4n) is 9.03. The Kier molecular flexibility index (Phi) is 5.68. The maximum absolute atomic E-state index is 2.72. The third-order valence-electron chi connectivity index (χ3n) is 10.8. The number of benzene rings is 3. The Labute approximate surface area is 215 Å². The van der Waals surface area contributed by atoms with Crippen LogP contribution in [-0.2, 0) is 19.3 Å². The standard InChI is InChI=1S/C34H44S/c1-20-18-30-31(33(20)35(6,7)34-23(4)21(2)22(3)24(34)5)19-26-14-11-16-28(26)32(30)29-17-10-13-25-12-8-9-15-27(25)29/h8-10,12-13,15,17,19-24,33-34H,11,14,16,18H2,1-7H3. The highest BCUT2D eigenvalue weighted by molar-refractivity contribution is 8.33. The largest absolute Gasteiger partial charge is 0.236 e. The van der Waals surface area contributed by atoms with Crippen molar-refractivity contribution in [3.8, 4) is 11.1 Å². The quantitative estimate of drug-likeness (QED) is 0.347. The van der Waals surface area contributed by atoms with Gasteiger partial charge in [-0.15, -0.1) is 0 Å². The summed E-state index contributed by atoms with van der Waals surface area (Å²) in [6, 6.07) is 18.7. The molecule has 3 aliphatic carbocycles. The summed E-state index contributed by atoms with van der Waals surface area (Å²) in [7, 11) is -0.824. The van der Waals surface area contributed by atoms with Crippen LogP contribution in [0.1, 0.15) is 68.5 Å². The minimum atomic E-state index is -0.824. The second-order valence-electron chi connectivity index (χ2n) is 12.8. The van der Waals surface area contributed by atoms with Crippen molar-refractivity contribution in [3.63, 3.8) is 0 Å². The first-order valence-corrected chi connectivity index (χ1v) is 16.7. The van der Waals surface area contributed by atoms with Crippen LogP contribution in [0, 0.1) is 29.6 Å². The summed E-state index contributed by atoms with van der Waals surface area (Å²) < 4.78 is 0. The minimum absolute atomic E-state index is 0.726. The van der Waals surface area contributed by atoms with Gasteiger partial charge in [-0.25, -0.2) is 10.0 Å². The Balaban J connectivity index is 1.55. The summed E-state index contributed by atoms with van der Waals surface area (Å²) in [5.41, 5.74) is 9.90. The average molecular weight is 485 g/mol. The number of hydrogen-bond donors (Lipinski definition) is 0. The highest BCUT2D eigenvalue weighted by atomic mass is 32.3. The van der Waals surface area contributed by atoms with Crippen molar-refractivity contribution in [3.05, 3.63) is 70.8 Å². The lowest BCUT2D eigenvalue weighted by molar-refractivity contribution is 0.352. The predicted molar refractivity (Wildman–Crippen MR) is 157 cm³/mol. The monoisotopic (exact) mass is 484 g/mol. The molecule has 3 aromatic carbocycles. The molecule has 6 rings (SSSR count). The highest BCUT2D eigenvalue weighted by Crippen LogP contribution is 2.71. The van der Waals surface area contributed by atoms with Gasteiger partial charge in [-0.1, -0.05) is 83.1 Å². The van der Waals surface area contributed by atoms with Gasteiger partial charge in [0.2, 0.25) is 0 Å². The first-order chi connectivity index (χ1) is 16.7. The van der Waals surface area contributed by atoms with Gasteiger partial charge in [0.25, 0.3) is 0 Å². The van der Waals surface area contributed by atoms with Gasteiger partial charge < -0.3 is 0 Å². The molecule has 35 heavy (non-hydrogen) atoms. The first-order valence-electron chi connectivity index (χ1n) is 14.1. The number of fused-ring (bicyclic) bond motifs is 3. The lowest BCUT2D eigenvalue weighted by Gasteiger charge is -2.50. The molecular weight excluding hydrogens is 440 g/mol. The van der Waals surface area contributed by atoms with Gasteiger partial charge in [-0.3, -0.25) is 0 Å². The van der Waals surface area contributed by atoms with E-state index >= 15 is 0 Å². The van der Waals surface area contributed by atoms with Gasteiger partial charge >= 0.3 is 0 Å². The third kappa shape index (κ3) is 3.40. The predicted octanol–water partition coefficient (Wildman–Crippen LogP) is 9.22. The Morgan fingerprint density at radius 3 is 2.17 bits per heavy atom. The van der Waals surface area contributed by atoms with Crippen LogP contribution in [0.15, 0.2) is 48.5 Å². The SMILES string of the molecule is CC1Cc2c(cc3c(c2-c2cccc4ccccc24)CCC3)C1S(C)(C)C1C(C)C(C)C(C)C1C. The van der Waals surface area contributed by atoms with E-state index in [1.165, 1.54) is 42.0 Å². The summed E-state index contributed by atoms with van der Waals surface area (Å²) in [6.45, 7) is 12.8. The lowest BCUT2D eigenvalue weighted by atomic mass is 9.87. The smallest absolute Gasteiger partial charge is 0.0170 e. The first kappa shape index (κ1) is 23.7. The van der Waals surface area contributed by atoms with Crippen molar-refractivity contribution in [2.75, 3.05) is 12.5 Å². The second-order valence-corrected chi connectivity index (χ2v) is 16.9. The molecule has 0 radical (unpaired) electrons. The Bertz CT molecular complexity index is 1260. The molecule has 0 bridgehead atoms. The van der Waals surface area contributed by atoms with Gasteiger partial charge in [0.1, 0.15) is 0 Å². The average Bonchev–Trinajstić information content (AvgIpc) is 3.49. The summed E-state index contributed by atoms with van der Waals surface area (Å²) >= 11 is 0. The van der Waals surface area contributed by atoms with Crippen molar-refractivity contribution >= 4 is 20.8 Å². The van der Waals surface area contributed by atoms with E-state index in [1.54, 1.807) is 27.8 Å². The van der Waals surface area contributed by atoms with E-state index < -0.39 is 10.0 Å². The zero-order valence-corrected chi connectivity index (χ0v) is 23.7. The molecule has 6 atom stereocenters. The number of hydrogen-bond acceptors (Lipinski definition) is 0. The van der Waals surface area contributed by atoms with E-state index in [2.05, 4.69) is 95.7 Å². The molecule has 6 unspecified atom stereocenters. The Hall–Kier alpha value is -1.73. The molecule has 1 heteroatoms. The van der Waals surface area contributed by atoms with Gasteiger partial charge in [-0.2, -0.15) is 0 Å². The van der Waals surface area contributed by atoms with Crippen LogP contribution in [0.3, 0.4) is 0 Å². The van der Waals surface area contributed by atoms with Crippen LogP contribution in [0.5, 0.6) is 0 Å². The summed E-state index contributed by atoms with van der Waals surface area (Å²) in [6.07, 6.45) is 10.5. The zero-order valence-electron chi connectivity index (χ0n) is 22.9. The van der Waals surface area contributed by atoms with Crippen LogP contribution >= 0.6 is 10.0 Å². The Morgan fingerprint density at radius 2 is 1.43 bits per heavy atom. The maximum atomic E-state index is 2.72. The molecule has 3 aromatic rings. The lowest BCUT2D eigenvalue weighted by Crippen LogP contribution is -2.31. The molecule has 1 fully saturated rings. The fraction of sp³-hybridized carbons (Fsp3) is 0.529. The van der Waals surface area contributed by atoms with Crippen LogP contribution in [0.25, 0.3) is 21.9 Å². The van der Waals surface area contributed by atoms with Crippen LogP contribution < -0.4 is 0 Å². The molecule has 0 aliphatic heterocycles. The zero-order chi connectivity index (χ0) is 24.6. The van der Waals surface area contributed by atoms with Crippen LogP contribution in [-0.4, -0.2) is 17.8 Å². The summed E-state index contributed by atoms with van der Waals surface area (Å²) in [4.78, 5) is 0. The van der Waals surface area contributed by atoms with E-state index in [0.717, 1.165) is 40.1 Å². The van der Waals surface area contributed by atoms with Gasteiger partial charge in [0.05, 0.1) is 0 Å². The molecule has 0 saturated heterocycles. The maximum Gasteiger partial charge on any atom is 0.0170 e. The van der Waals surface area contributed by atoms with Crippen molar-refractivity contribution < 1.29 is 0 Å². The summed E-state index contributed by atoms with van der Waals surface area (Å²) in [5.74, 6) is 4.06. The van der Waals surface area contributed by atoms with E-state index in [4.69, 9.17) is 0 Å². The molecule has 0 amide bonds. The van der Waals surface area contributed by atoms with Gasteiger partial charge in [-0.05, 0) is 117 Å². The minimum Gasteiger partial charge on any atom is -0.236 e. The molecule has 3 aliphatic rings.